The maximum absolute atomic E-state index is 13.7. The molecule has 2 aliphatic carbocycles. The summed E-state index contributed by atoms with van der Waals surface area (Å²) in [5, 5.41) is 57.0. The van der Waals surface area contributed by atoms with Crippen LogP contribution in [-0.4, -0.2) is 0 Å². The van der Waals surface area contributed by atoms with Crippen molar-refractivity contribution in [2.45, 2.75) is 12.4 Å². The fourth-order valence-electron chi connectivity index (χ4n) is 4.65. The van der Waals surface area contributed by atoms with E-state index in [2.05, 4.69) is 0 Å². The van der Waals surface area contributed by atoms with Gasteiger partial charge in [0.2, 0.25) is 0 Å². The molecule has 0 spiro atoms. The molecule has 2 aliphatic rings. The van der Waals surface area contributed by atoms with Gasteiger partial charge < -0.3 is 0 Å². The number of benzene rings is 2. The van der Waals surface area contributed by atoms with Gasteiger partial charge >= 0.3 is 12.4 Å². The van der Waals surface area contributed by atoms with Crippen LogP contribution in [0.15, 0.2) is 82.0 Å². The minimum atomic E-state index is -4.94. The molecule has 0 heterocycles. The van der Waals surface area contributed by atoms with E-state index in [-0.39, 0.29) is 44.6 Å². The van der Waals surface area contributed by atoms with E-state index in [1.807, 2.05) is 0 Å². The highest BCUT2D eigenvalue weighted by molar-refractivity contribution is 6.05. The largest absolute Gasteiger partial charge is 0.417 e. The summed E-state index contributed by atoms with van der Waals surface area (Å²) in [7, 11) is 0. The van der Waals surface area contributed by atoms with Gasteiger partial charge in [0.15, 0.2) is 0 Å². The molecule has 2 aromatic rings. The minimum Gasteiger partial charge on any atom is -0.192 e. The molecule has 0 aliphatic heterocycles. The first-order valence-electron chi connectivity index (χ1n) is 11.4. The molecule has 0 aromatic heterocycles. The van der Waals surface area contributed by atoms with Gasteiger partial charge in [-0.3, -0.25) is 0 Å². The normalized spacial score (nSPS) is 13.9. The van der Waals surface area contributed by atoms with Gasteiger partial charge in [0.05, 0.1) is 34.4 Å². The van der Waals surface area contributed by atoms with Crippen LogP contribution in [0.4, 0.5) is 26.3 Å². The van der Waals surface area contributed by atoms with E-state index in [0.717, 1.165) is 24.3 Å². The summed E-state index contributed by atoms with van der Waals surface area (Å²) in [6.45, 7) is 0. The Kier molecular flexibility index (Phi) is 7.05. The number of allylic oxidation sites excluding steroid dienone is 10. The molecule has 0 unspecified atom stereocenters. The smallest absolute Gasteiger partial charge is 0.192 e. The Labute approximate surface area is 233 Å². The quantitative estimate of drug-likeness (QED) is 0.284. The monoisotopic (exact) mass is 566 g/mol. The molecule has 0 radical (unpaired) electrons. The molecule has 0 atom stereocenters. The van der Waals surface area contributed by atoms with E-state index in [1.54, 1.807) is 24.3 Å². The number of nitriles is 6. The average Bonchev–Trinajstić information content (AvgIpc) is 3.50. The third-order valence-corrected chi connectivity index (χ3v) is 6.40. The fraction of sp³-hybridized carbons (Fsp3) is 0.0667. The first-order valence-corrected chi connectivity index (χ1v) is 11.4. The second-order valence-corrected chi connectivity index (χ2v) is 8.63. The van der Waals surface area contributed by atoms with E-state index in [1.165, 1.54) is 24.3 Å². The number of halogens is 6. The standard InChI is InChI=1S/C30H8F6N6/c31-29(32,33)25-5-15(1-3-17(25)9-37)21-7-23-24(27(21)19(11-39)12-40)8-22(28(23)20(13-41)14-42)16-2-4-18(10-38)26(6-16)30(34,35)36/h1-8H. The second kappa shape index (κ2) is 10.3. The maximum Gasteiger partial charge on any atom is 0.417 e. The van der Waals surface area contributed by atoms with Gasteiger partial charge in [-0.15, -0.1) is 0 Å². The molecule has 4 rings (SSSR count). The second-order valence-electron chi connectivity index (χ2n) is 8.63. The Morgan fingerprint density at radius 1 is 0.524 bits per heavy atom. The van der Waals surface area contributed by atoms with Crippen molar-refractivity contribution in [2.24, 2.45) is 0 Å². The fourth-order valence-corrected chi connectivity index (χ4v) is 4.65. The van der Waals surface area contributed by atoms with Gasteiger partial charge in [-0.05, 0) is 69.8 Å². The summed E-state index contributed by atoms with van der Waals surface area (Å²) >= 11 is 0. The van der Waals surface area contributed by atoms with Crippen LogP contribution in [0.3, 0.4) is 0 Å². The van der Waals surface area contributed by atoms with E-state index in [4.69, 9.17) is 10.5 Å². The lowest BCUT2D eigenvalue weighted by Crippen LogP contribution is -2.09. The van der Waals surface area contributed by atoms with Crippen molar-refractivity contribution in [3.05, 3.63) is 115 Å². The Hall–Kier alpha value is -6.34. The minimum absolute atomic E-state index is 0.00642. The number of rotatable bonds is 2. The predicted octanol–water partition coefficient (Wildman–Crippen LogP) is 6.95. The summed E-state index contributed by atoms with van der Waals surface area (Å²) < 4.78 is 82.2. The van der Waals surface area contributed by atoms with Crippen LogP contribution in [0.5, 0.6) is 0 Å². The van der Waals surface area contributed by atoms with Crippen LogP contribution in [0.25, 0.3) is 11.1 Å². The van der Waals surface area contributed by atoms with Gasteiger partial charge in [-0.25, -0.2) is 0 Å². The molecular weight excluding hydrogens is 558 g/mol. The molecule has 12 heteroatoms. The Morgan fingerprint density at radius 2 is 0.857 bits per heavy atom. The maximum atomic E-state index is 13.7. The molecule has 0 saturated carbocycles. The lowest BCUT2D eigenvalue weighted by molar-refractivity contribution is -0.138. The molecule has 2 aromatic carbocycles. The van der Waals surface area contributed by atoms with Crippen molar-refractivity contribution in [1.82, 2.24) is 0 Å². The van der Waals surface area contributed by atoms with Gasteiger partial charge in [-0.1, -0.05) is 12.1 Å². The highest BCUT2D eigenvalue weighted by Gasteiger charge is 2.39. The summed E-state index contributed by atoms with van der Waals surface area (Å²) in [5.41, 5.74) is -5.88. The third kappa shape index (κ3) is 4.67. The van der Waals surface area contributed by atoms with Gasteiger partial charge in [0.1, 0.15) is 35.4 Å². The summed E-state index contributed by atoms with van der Waals surface area (Å²) in [6.07, 6.45) is -7.43. The van der Waals surface area contributed by atoms with E-state index >= 15 is 0 Å². The number of hydrogen-bond acceptors (Lipinski definition) is 6. The van der Waals surface area contributed by atoms with Crippen LogP contribution < -0.4 is 0 Å². The predicted molar refractivity (Wildman–Crippen MR) is 132 cm³/mol. The molecule has 0 bridgehead atoms. The number of hydrogen-bond donors (Lipinski definition) is 0. The summed E-state index contributed by atoms with van der Waals surface area (Å²) in [5.74, 6) is 0. The van der Waals surface area contributed by atoms with Crippen molar-refractivity contribution >= 4 is 11.1 Å². The number of nitrogens with zero attached hydrogens (tertiary/aromatic N) is 6. The topological polar surface area (TPSA) is 143 Å². The molecule has 0 saturated heterocycles. The van der Waals surface area contributed by atoms with Crippen molar-refractivity contribution in [1.29, 1.82) is 31.6 Å². The number of alkyl halides is 6. The van der Waals surface area contributed by atoms with Crippen LogP contribution in [0.2, 0.25) is 0 Å². The van der Waals surface area contributed by atoms with Crippen molar-refractivity contribution in [3.8, 4) is 36.4 Å². The SMILES string of the molecule is N#CC(C#N)=C1C(c2ccc(C#N)c(C(F)(F)F)c2)=CC2=C1C=C(c1ccc(C#N)c(C(F)(F)F)c1)C2=C(C#N)C#N. The van der Waals surface area contributed by atoms with Gasteiger partial charge in [-0.2, -0.15) is 57.9 Å². The van der Waals surface area contributed by atoms with Crippen molar-refractivity contribution in [3.63, 3.8) is 0 Å². The van der Waals surface area contributed by atoms with Crippen molar-refractivity contribution in [2.75, 3.05) is 0 Å². The lowest BCUT2D eigenvalue weighted by Gasteiger charge is -2.15. The molecule has 0 fully saturated rings. The lowest BCUT2D eigenvalue weighted by atomic mass is 9.88. The first kappa shape index (κ1) is 28.7. The summed E-state index contributed by atoms with van der Waals surface area (Å²) in [4.78, 5) is 0. The average molecular weight is 566 g/mol. The van der Waals surface area contributed by atoms with Crippen LogP contribution >= 0.6 is 0 Å². The zero-order valence-electron chi connectivity index (χ0n) is 20.6. The molecule has 42 heavy (non-hydrogen) atoms. The van der Waals surface area contributed by atoms with Gasteiger partial charge in [0.25, 0.3) is 0 Å². The molecule has 0 amide bonds. The molecule has 200 valence electrons. The zero-order valence-corrected chi connectivity index (χ0v) is 20.6. The highest BCUT2D eigenvalue weighted by atomic mass is 19.4. The van der Waals surface area contributed by atoms with E-state index in [0.29, 0.717) is 12.1 Å². The first-order chi connectivity index (χ1) is 19.8. The Balaban J connectivity index is 2.04. The van der Waals surface area contributed by atoms with E-state index < -0.39 is 45.8 Å². The summed E-state index contributed by atoms with van der Waals surface area (Å²) in [6, 6.07) is 14.9. The molecular formula is C30H8F6N6. The third-order valence-electron chi connectivity index (χ3n) is 6.40. The zero-order chi connectivity index (χ0) is 31.0. The van der Waals surface area contributed by atoms with Crippen LogP contribution in [0.1, 0.15) is 33.4 Å². The van der Waals surface area contributed by atoms with E-state index in [9.17, 15) is 47.4 Å². The van der Waals surface area contributed by atoms with Crippen LogP contribution in [-0.2, 0) is 12.4 Å². The van der Waals surface area contributed by atoms with Crippen LogP contribution in [0, 0.1) is 68.0 Å². The highest BCUT2D eigenvalue weighted by Crippen LogP contribution is 2.52. The van der Waals surface area contributed by atoms with Gasteiger partial charge in [0, 0.05) is 11.1 Å². The van der Waals surface area contributed by atoms with Crippen molar-refractivity contribution < 1.29 is 26.3 Å². The molecule has 0 N–H and O–H groups in total. The Morgan fingerprint density at radius 3 is 1.12 bits per heavy atom. The molecule has 6 nitrogen and oxygen atoms in total. The Bertz CT molecular complexity index is 1830.